The molecule has 2 aromatic carbocycles. The topological polar surface area (TPSA) is 26.0 Å². The standard InChI is InChI=1S/C15H14Br3N/c1-9-6-14(18)12(8-13(9)17)15(19)7-10-2-4-11(16)5-3-10/h2-6,8,15H,7,19H2,1H3. The second-order valence-corrected chi connectivity index (χ2v) is 7.18. The molecule has 0 bridgehead atoms. The molecule has 0 saturated heterocycles. The average molecular weight is 448 g/mol. The Balaban J connectivity index is 2.22. The maximum Gasteiger partial charge on any atom is 0.0347 e. The summed E-state index contributed by atoms with van der Waals surface area (Å²) in [4.78, 5) is 0. The van der Waals surface area contributed by atoms with Crippen molar-refractivity contribution in [3.05, 3.63) is 66.5 Å². The highest BCUT2D eigenvalue weighted by Crippen LogP contribution is 2.30. The minimum atomic E-state index is -0.0209. The van der Waals surface area contributed by atoms with Crippen molar-refractivity contribution in [3.8, 4) is 0 Å². The van der Waals surface area contributed by atoms with Gasteiger partial charge in [-0.15, -0.1) is 0 Å². The lowest BCUT2D eigenvalue weighted by atomic mass is 9.99. The zero-order valence-electron chi connectivity index (χ0n) is 10.5. The van der Waals surface area contributed by atoms with E-state index < -0.39 is 0 Å². The van der Waals surface area contributed by atoms with Crippen molar-refractivity contribution in [2.45, 2.75) is 19.4 Å². The normalized spacial score (nSPS) is 12.5. The maximum atomic E-state index is 6.32. The Morgan fingerprint density at radius 1 is 1.00 bits per heavy atom. The van der Waals surface area contributed by atoms with Gasteiger partial charge in [0.2, 0.25) is 0 Å². The van der Waals surface area contributed by atoms with Crippen molar-refractivity contribution in [2.24, 2.45) is 5.73 Å². The van der Waals surface area contributed by atoms with Gasteiger partial charge in [-0.1, -0.05) is 59.9 Å². The summed E-state index contributed by atoms with van der Waals surface area (Å²) in [6.07, 6.45) is 0.821. The van der Waals surface area contributed by atoms with Crippen molar-refractivity contribution in [1.29, 1.82) is 0 Å². The summed E-state index contributed by atoms with van der Waals surface area (Å²) in [5.41, 5.74) is 9.88. The molecule has 0 saturated carbocycles. The molecule has 0 fully saturated rings. The van der Waals surface area contributed by atoms with Gasteiger partial charge in [0.05, 0.1) is 0 Å². The molecule has 0 spiro atoms. The summed E-state index contributed by atoms with van der Waals surface area (Å²) >= 11 is 10.6. The first-order chi connectivity index (χ1) is 8.97. The Labute approximate surface area is 139 Å². The summed E-state index contributed by atoms with van der Waals surface area (Å²) in [7, 11) is 0. The molecule has 0 aliphatic carbocycles. The molecule has 2 rings (SSSR count). The van der Waals surface area contributed by atoms with Crippen LogP contribution in [-0.2, 0) is 6.42 Å². The van der Waals surface area contributed by atoms with Gasteiger partial charge in [-0.2, -0.15) is 0 Å². The van der Waals surface area contributed by atoms with Crippen LogP contribution in [0.3, 0.4) is 0 Å². The molecule has 0 radical (unpaired) electrons. The molecule has 1 nitrogen and oxygen atoms in total. The van der Waals surface area contributed by atoms with Crippen LogP contribution >= 0.6 is 47.8 Å². The SMILES string of the molecule is Cc1cc(Br)c(C(N)Cc2ccc(Br)cc2)cc1Br. The highest BCUT2D eigenvalue weighted by atomic mass is 79.9. The third kappa shape index (κ3) is 3.91. The number of halogens is 3. The molecule has 100 valence electrons. The van der Waals surface area contributed by atoms with E-state index in [0.717, 1.165) is 25.4 Å². The fourth-order valence-corrected chi connectivity index (χ4v) is 3.31. The molecule has 0 aliphatic heterocycles. The molecule has 0 aromatic heterocycles. The number of rotatable bonds is 3. The van der Waals surface area contributed by atoms with E-state index in [1.54, 1.807) is 0 Å². The predicted octanol–water partition coefficient (Wildman–Crippen LogP) is 5.53. The van der Waals surface area contributed by atoms with Gasteiger partial charge in [-0.05, 0) is 54.3 Å². The highest BCUT2D eigenvalue weighted by Gasteiger charge is 2.12. The number of aryl methyl sites for hydroxylation is 1. The molecule has 0 amide bonds. The molecule has 1 unspecified atom stereocenters. The zero-order valence-corrected chi connectivity index (χ0v) is 15.2. The molecule has 1 atom stereocenters. The Bertz CT molecular complexity index is 579. The monoisotopic (exact) mass is 445 g/mol. The maximum absolute atomic E-state index is 6.32. The van der Waals surface area contributed by atoms with Gasteiger partial charge in [0.25, 0.3) is 0 Å². The second kappa shape index (κ2) is 6.53. The van der Waals surface area contributed by atoms with Crippen LogP contribution in [0.1, 0.15) is 22.7 Å². The van der Waals surface area contributed by atoms with Crippen LogP contribution in [0.4, 0.5) is 0 Å². The van der Waals surface area contributed by atoms with Crippen molar-refractivity contribution in [3.63, 3.8) is 0 Å². The quantitative estimate of drug-likeness (QED) is 0.658. The first-order valence-electron chi connectivity index (χ1n) is 5.93. The lowest BCUT2D eigenvalue weighted by molar-refractivity contribution is 0.717. The first kappa shape index (κ1) is 15.2. The highest BCUT2D eigenvalue weighted by molar-refractivity contribution is 9.11. The van der Waals surface area contributed by atoms with E-state index in [0.29, 0.717) is 0 Å². The van der Waals surface area contributed by atoms with Crippen LogP contribution in [0, 0.1) is 6.92 Å². The molecule has 4 heteroatoms. The fourth-order valence-electron chi connectivity index (χ4n) is 1.93. The Hall–Kier alpha value is -0.160. The van der Waals surface area contributed by atoms with Crippen molar-refractivity contribution < 1.29 is 0 Å². The number of hydrogen-bond acceptors (Lipinski definition) is 1. The molecule has 0 aliphatic rings. The second-order valence-electron chi connectivity index (χ2n) is 4.56. The van der Waals surface area contributed by atoms with Crippen LogP contribution in [-0.4, -0.2) is 0 Å². The number of hydrogen-bond donors (Lipinski definition) is 1. The van der Waals surface area contributed by atoms with E-state index >= 15 is 0 Å². The van der Waals surface area contributed by atoms with Crippen LogP contribution in [0.2, 0.25) is 0 Å². The summed E-state index contributed by atoms with van der Waals surface area (Å²) < 4.78 is 3.25. The van der Waals surface area contributed by atoms with Crippen LogP contribution < -0.4 is 5.73 Å². The molecule has 0 heterocycles. The molecule has 2 aromatic rings. The van der Waals surface area contributed by atoms with E-state index in [1.807, 2.05) is 12.1 Å². The van der Waals surface area contributed by atoms with Gasteiger partial charge in [-0.3, -0.25) is 0 Å². The summed E-state index contributed by atoms with van der Waals surface area (Å²) in [5.74, 6) is 0. The van der Waals surface area contributed by atoms with E-state index in [4.69, 9.17) is 5.73 Å². The smallest absolute Gasteiger partial charge is 0.0347 e. The van der Waals surface area contributed by atoms with Gasteiger partial charge >= 0.3 is 0 Å². The van der Waals surface area contributed by atoms with E-state index in [2.05, 4.69) is 79.0 Å². The summed E-state index contributed by atoms with van der Waals surface area (Å²) in [6.45, 7) is 2.07. The lowest BCUT2D eigenvalue weighted by Crippen LogP contribution is -2.14. The first-order valence-corrected chi connectivity index (χ1v) is 8.31. The molecule has 2 N–H and O–H groups in total. The van der Waals surface area contributed by atoms with Crippen molar-refractivity contribution in [2.75, 3.05) is 0 Å². The van der Waals surface area contributed by atoms with E-state index in [-0.39, 0.29) is 6.04 Å². The van der Waals surface area contributed by atoms with Gasteiger partial charge < -0.3 is 5.73 Å². The molecular weight excluding hydrogens is 434 g/mol. The Morgan fingerprint density at radius 3 is 2.26 bits per heavy atom. The summed E-state index contributed by atoms with van der Waals surface area (Å²) in [6, 6.07) is 12.5. The largest absolute Gasteiger partial charge is 0.324 e. The minimum absolute atomic E-state index is 0.0209. The lowest BCUT2D eigenvalue weighted by Gasteiger charge is -2.15. The van der Waals surface area contributed by atoms with E-state index in [1.165, 1.54) is 11.1 Å². The average Bonchev–Trinajstić information content (AvgIpc) is 2.36. The summed E-state index contributed by atoms with van der Waals surface area (Å²) in [5, 5.41) is 0. The minimum Gasteiger partial charge on any atom is -0.324 e. The fraction of sp³-hybridized carbons (Fsp3) is 0.200. The van der Waals surface area contributed by atoms with Gasteiger partial charge in [0.1, 0.15) is 0 Å². The van der Waals surface area contributed by atoms with Crippen LogP contribution in [0.25, 0.3) is 0 Å². The van der Waals surface area contributed by atoms with Crippen LogP contribution in [0.15, 0.2) is 49.8 Å². The number of benzene rings is 2. The van der Waals surface area contributed by atoms with Crippen molar-refractivity contribution in [1.82, 2.24) is 0 Å². The predicted molar refractivity (Wildman–Crippen MR) is 91.4 cm³/mol. The van der Waals surface area contributed by atoms with Gasteiger partial charge in [0.15, 0.2) is 0 Å². The van der Waals surface area contributed by atoms with Gasteiger partial charge in [-0.25, -0.2) is 0 Å². The van der Waals surface area contributed by atoms with E-state index in [9.17, 15) is 0 Å². The van der Waals surface area contributed by atoms with Gasteiger partial charge in [0, 0.05) is 19.5 Å². The molecular formula is C15H14Br3N. The number of nitrogens with two attached hydrogens (primary N) is 1. The Kier molecular flexibility index (Phi) is 5.23. The molecule has 19 heavy (non-hydrogen) atoms. The van der Waals surface area contributed by atoms with Crippen LogP contribution in [0.5, 0.6) is 0 Å². The Morgan fingerprint density at radius 2 is 1.63 bits per heavy atom. The third-order valence-electron chi connectivity index (χ3n) is 3.05. The zero-order chi connectivity index (χ0) is 14.0. The third-order valence-corrected chi connectivity index (χ3v) is 5.12. The van der Waals surface area contributed by atoms with Crippen molar-refractivity contribution >= 4 is 47.8 Å².